The minimum atomic E-state index is 0.563. The van der Waals surface area contributed by atoms with E-state index in [1.165, 1.54) is 37.7 Å². The van der Waals surface area contributed by atoms with E-state index in [1.807, 2.05) is 0 Å². The molecule has 0 atom stereocenters. The van der Waals surface area contributed by atoms with Crippen LogP contribution in [0.4, 0.5) is 4.56 Å². The van der Waals surface area contributed by atoms with Crippen molar-refractivity contribution in [3.8, 4) is 0 Å². The molecule has 0 radical (unpaired) electrons. The van der Waals surface area contributed by atoms with Crippen LogP contribution >= 0.6 is 0 Å². The normalized spacial score (nSPS) is 17.2. The molecule has 1 aromatic carbocycles. The van der Waals surface area contributed by atoms with E-state index in [-0.39, 0.29) is 0 Å². The molecule has 2 heteroatoms. The summed E-state index contributed by atoms with van der Waals surface area (Å²) in [6.07, 6.45) is 4.18. The number of rotatable bonds is 1. The molecular weight excluding hydrogens is 249 g/mol. The summed E-state index contributed by atoms with van der Waals surface area (Å²) < 4.78 is 3.16. The van der Waals surface area contributed by atoms with E-state index in [2.05, 4.69) is 35.2 Å². The summed E-state index contributed by atoms with van der Waals surface area (Å²) in [7, 11) is 0. The monoisotopic (exact) mass is 265 g/mol. The van der Waals surface area contributed by atoms with Crippen molar-refractivity contribution >= 4 is 28.7 Å². The van der Waals surface area contributed by atoms with Gasteiger partial charge >= 0.3 is 96.3 Å². The van der Waals surface area contributed by atoms with Gasteiger partial charge in [0.2, 0.25) is 0 Å². The molecule has 0 N–H and O–H groups in total. The van der Waals surface area contributed by atoms with Crippen LogP contribution in [0.2, 0.25) is 0 Å². The Kier molecular flexibility index (Phi) is 2.56. The van der Waals surface area contributed by atoms with Gasteiger partial charge in [0.25, 0.3) is 0 Å². The molecule has 0 bridgehead atoms. The molecule has 0 aliphatic carbocycles. The molecule has 1 saturated heterocycles. The molecular formula is C13H15NSe. The fourth-order valence-electron chi connectivity index (χ4n) is 2.24. The van der Waals surface area contributed by atoms with Gasteiger partial charge in [-0.3, -0.25) is 0 Å². The summed E-state index contributed by atoms with van der Waals surface area (Å²) in [4.78, 5) is 2.60. The molecule has 0 unspecified atom stereocenters. The third-order valence-corrected chi connectivity index (χ3v) is 5.55. The molecule has 2 aromatic rings. The summed E-state index contributed by atoms with van der Waals surface area (Å²) >= 11 is 0.563. The molecule has 1 nitrogen and oxygen atoms in total. The van der Waals surface area contributed by atoms with Crippen LogP contribution < -0.4 is 4.90 Å². The number of benzene rings is 1. The van der Waals surface area contributed by atoms with E-state index in [9.17, 15) is 0 Å². The fourth-order valence-corrected chi connectivity index (χ4v) is 4.58. The van der Waals surface area contributed by atoms with Crippen molar-refractivity contribution in [2.45, 2.75) is 19.3 Å². The van der Waals surface area contributed by atoms with Crippen molar-refractivity contribution in [1.29, 1.82) is 0 Å². The van der Waals surface area contributed by atoms with Crippen LogP contribution in [0.15, 0.2) is 30.3 Å². The predicted molar refractivity (Wildman–Crippen MR) is 67.0 cm³/mol. The molecule has 78 valence electrons. The summed E-state index contributed by atoms with van der Waals surface area (Å²) in [6, 6.07) is 11.2. The Balaban J connectivity index is 1.96. The van der Waals surface area contributed by atoms with Crippen LogP contribution in [0.25, 0.3) is 9.65 Å². The number of hydrogen-bond acceptors (Lipinski definition) is 1. The van der Waals surface area contributed by atoms with E-state index < -0.39 is 0 Å². The summed E-state index contributed by atoms with van der Waals surface area (Å²) in [5.41, 5.74) is 0. The second kappa shape index (κ2) is 4.03. The van der Waals surface area contributed by atoms with Crippen molar-refractivity contribution in [2.24, 2.45) is 0 Å². The van der Waals surface area contributed by atoms with Gasteiger partial charge in [0, 0.05) is 0 Å². The van der Waals surface area contributed by atoms with Crippen LogP contribution in [0, 0.1) is 0 Å². The molecule has 15 heavy (non-hydrogen) atoms. The second-order valence-corrected chi connectivity index (χ2v) is 6.40. The van der Waals surface area contributed by atoms with E-state index in [0.29, 0.717) is 14.5 Å². The predicted octanol–water partition coefficient (Wildman–Crippen LogP) is 2.89. The number of anilines is 1. The molecule has 0 saturated carbocycles. The molecule has 1 aliphatic rings. The molecule has 1 fully saturated rings. The van der Waals surface area contributed by atoms with Crippen LogP contribution in [-0.2, 0) is 0 Å². The summed E-state index contributed by atoms with van der Waals surface area (Å²) in [5.74, 6) is 0. The van der Waals surface area contributed by atoms with Gasteiger partial charge in [-0.15, -0.1) is 0 Å². The van der Waals surface area contributed by atoms with Crippen LogP contribution in [0.1, 0.15) is 19.3 Å². The minimum absolute atomic E-state index is 0.563. The average molecular weight is 264 g/mol. The van der Waals surface area contributed by atoms with E-state index >= 15 is 0 Å². The van der Waals surface area contributed by atoms with Gasteiger partial charge in [-0.2, -0.15) is 0 Å². The van der Waals surface area contributed by atoms with E-state index in [0.717, 1.165) is 0 Å². The number of nitrogens with zero attached hydrogens (tertiary/aromatic N) is 1. The molecule has 1 aromatic heterocycles. The average Bonchev–Trinajstić information content (AvgIpc) is 2.74. The quantitative estimate of drug-likeness (QED) is 0.716. The first-order chi connectivity index (χ1) is 7.43. The van der Waals surface area contributed by atoms with Gasteiger partial charge in [0.1, 0.15) is 0 Å². The van der Waals surface area contributed by atoms with E-state index in [1.54, 1.807) is 8.82 Å². The molecule has 0 amide bonds. The van der Waals surface area contributed by atoms with E-state index in [4.69, 9.17) is 0 Å². The molecule has 0 spiro atoms. The van der Waals surface area contributed by atoms with Crippen molar-refractivity contribution < 1.29 is 0 Å². The van der Waals surface area contributed by atoms with Gasteiger partial charge in [-0.1, -0.05) is 0 Å². The Morgan fingerprint density at radius 2 is 1.80 bits per heavy atom. The molecule has 3 rings (SSSR count). The van der Waals surface area contributed by atoms with Gasteiger partial charge < -0.3 is 0 Å². The van der Waals surface area contributed by atoms with Gasteiger partial charge in [0.05, 0.1) is 0 Å². The first kappa shape index (κ1) is 9.50. The van der Waals surface area contributed by atoms with Crippen molar-refractivity contribution in [3.05, 3.63) is 30.3 Å². The SMILES string of the molecule is c1ccc2[se]c(N3CCCCC3)cc2c1. The zero-order valence-corrected chi connectivity index (χ0v) is 10.5. The van der Waals surface area contributed by atoms with Crippen molar-refractivity contribution in [1.82, 2.24) is 0 Å². The third kappa shape index (κ3) is 1.84. The molecule has 1 aliphatic heterocycles. The maximum absolute atomic E-state index is 2.60. The van der Waals surface area contributed by atoms with Gasteiger partial charge in [-0.05, 0) is 0 Å². The van der Waals surface area contributed by atoms with Crippen LogP contribution in [-0.4, -0.2) is 27.6 Å². The third-order valence-electron chi connectivity index (χ3n) is 3.08. The van der Waals surface area contributed by atoms with Crippen LogP contribution in [0.5, 0.6) is 0 Å². The Bertz CT molecular complexity index is 421. The maximum atomic E-state index is 2.60. The number of hydrogen-bond donors (Lipinski definition) is 0. The van der Waals surface area contributed by atoms with Crippen molar-refractivity contribution in [3.63, 3.8) is 0 Å². The molecule has 2 heterocycles. The summed E-state index contributed by atoms with van der Waals surface area (Å²) in [6.45, 7) is 2.56. The van der Waals surface area contributed by atoms with Crippen molar-refractivity contribution in [2.75, 3.05) is 18.0 Å². The Labute approximate surface area is 96.4 Å². The van der Waals surface area contributed by atoms with Gasteiger partial charge in [-0.25, -0.2) is 0 Å². The Morgan fingerprint density at radius 3 is 2.60 bits per heavy atom. The second-order valence-electron chi connectivity index (χ2n) is 4.17. The zero-order valence-electron chi connectivity index (χ0n) is 8.78. The number of piperidine rings is 1. The topological polar surface area (TPSA) is 3.24 Å². The Hall–Kier alpha value is -0.721. The summed E-state index contributed by atoms with van der Waals surface area (Å²) in [5, 5.41) is 1.46. The standard InChI is InChI=1S/C13H15NSe/c1-4-8-14(9-5-1)13-10-11-6-2-3-7-12(11)15-13/h2-3,6-7,10H,1,4-5,8-9H2. The first-order valence-corrected chi connectivity index (χ1v) is 7.38. The number of fused-ring (bicyclic) bond motifs is 1. The fraction of sp³-hybridized carbons (Fsp3) is 0.385. The Morgan fingerprint density at radius 1 is 1.00 bits per heavy atom. The first-order valence-electron chi connectivity index (χ1n) is 5.67. The zero-order chi connectivity index (χ0) is 10.1. The van der Waals surface area contributed by atoms with Crippen LogP contribution in [0.3, 0.4) is 0 Å². The van der Waals surface area contributed by atoms with Gasteiger partial charge in [0.15, 0.2) is 0 Å².